The molecule has 1 saturated heterocycles. The molecule has 30 heavy (non-hydrogen) atoms. The van der Waals surface area contributed by atoms with E-state index in [1.807, 2.05) is 53.1 Å². The van der Waals surface area contributed by atoms with Crippen LogP contribution in [0.4, 0.5) is 0 Å². The Morgan fingerprint density at radius 2 is 2.00 bits per heavy atom. The van der Waals surface area contributed by atoms with Crippen LogP contribution in [0.3, 0.4) is 0 Å². The predicted octanol–water partition coefficient (Wildman–Crippen LogP) is 4.78. The summed E-state index contributed by atoms with van der Waals surface area (Å²) in [5.74, 6) is 2.25. The molecule has 1 aromatic heterocycles. The first-order valence-corrected chi connectivity index (χ1v) is 11.2. The van der Waals surface area contributed by atoms with Gasteiger partial charge in [-0.15, -0.1) is 0 Å². The fraction of sp³-hybridized carbons (Fsp3) is 0.273. The zero-order valence-electron chi connectivity index (χ0n) is 16.1. The van der Waals surface area contributed by atoms with Gasteiger partial charge in [-0.25, -0.2) is 0 Å². The van der Waals surface area contributed by atoms with Crippen molar-refractivity contribution in [1.82, 2.24) is 15.1 Å². The number of thioether (sulfide) groups is 1. The number of carbonyl (C=O) groups is 1. The Bertz CT molecular complexity index is 1090. The summed E-state index contributed by atoms with van der Waals surface area (Å²) in [6.45, 7) is 1.61. The Morgan fingerprint density at radius 1 is 1.13 bits per heavy atom. The zero-order chi connectivity index (χ0) is 20.5. The Morgan fingerprint density at radius 3 is 2.90 bits per heavy atom. The summed E-state index contributed by atoms with van der Waals surface area (Å²) in [5.41, 5.74) is 3.21. The second-order valence-electron chi connectivity index (χ2n) is 7.20. The van der Waals surface area contributed by atoms with Gasteiger partial charge in [0.1, 0.15) is 5.69 Å². The quantitative estimate of drug-likeness (QED) is 0.633. The molecule has 0 saturated carbocycles. The average molecular weight is 442 g/mol. The van der Waals surface area contributed by atoms with Crippen LogP contribution < -0.4 is 9.47 Å². The first-order chi connectivity index (χ1) is 14.7. The number of ether oxygens (including phenoxy) is 2. The number of halogens is 1. The number of nitrogens with one attached hydrogen (secondary N) is 1. The molecular weight excluding hydrogens is 422 g/mol. The lowest BCUT2D eigenvalue weighted by Gasteiger charge is -2.19. The topological polar surface area (TPSA) is 67.5 Å². The Hall–Kier alpha value is -2.64. The molecule has 0 radical (unpaired) electrons. The second-order valence-corrected chi connectivity index (χ2v) is 8.91. The lowest BCUT2D eigenvalue weighted by Crippen LogP contribution is -2.33. The molecular formula is C22H20ClN3O3S. The van der Waals surface area contributed by atoms with Gasteiger partial charge in [0.05, 0.1) is 5.69 Å². The predicted molar refractivity (Wildman–Crippen MR) is 117 cm³/mol. The van der Waals surface area contributed by atoms with Crippen LogP contribution in [0.5, 0.6) is 11.5 Å². The molecule has 6 nitrogen and oxygen atoms in total. The van der Waals surface area contributed by atoms with Crippen LogP contribution in [0.25, 0.3) is 11.3 Å². The molecule has 154 valence electrons. The van der Waals surface area contributed by atoms with E-state index in [2.05, 4.69) is 16.3 Å². The van der Waals surface area contributed by atoms with Gasteiger partial charge in [0.2, 0.25) is 6.79 Å². The van der Waals surface area contributed by atoms with Gasteiger partial charge in [-0.2, -0.15) is 16.9 Å². The Balaban J connectivity index is 1.29. The van der Waals surface area contributed by atoms with E-state index in [-0.39, 0.29) is 12.7 Å². The highest BCUT2D eigenvalue weighted by molar-refractivity contribution is 7.99. The van der Waals surface area contributed by atoms with E-state index in [4.69, 9.17) is 21.1 Å². The first kappa shape index (κ1) is 19.3. The highest BCUT2D eigenvalue weighted by Crippen LogP contribution is 2.38. The lowest BCUT2D eigenvalue weighted by molar-refractivity contribution is 0.0760. The molecule has 8 heteroatoms. The van der Waals surface area contributed by atoms with E-state index in [0.717, 1.165) is 34.1 Å². The van der Waals surface area contributed by atoms with Crippen LogP contribution >= 0.6 is 23.4 Å². The van der Waals surface area contributed by atoms with Gasteiger partial charge in [0.25, 0.3) is 5.91 Å². The third-order valence-electron chi connectivity index (χ3n) is 5.36. The molecule has 3 heterocycles. The van der Waals surface area contributed by atoms with Crippen LogP contribution in [-0.4, -0.2) is 46.6 Å². The van der Waals surface area contributed by atoms with E-state index >= 15 is 0 Å². The fourth-order valence-electron chi connectivity index (χ4n) is 3.76. The van der Waals surface area contributed by atoms with E-state index in [0.29, 0.717) is 35.5 Å². The summed E-state index contributed by atoms with van der Waals surface area (Å²) in [6, 6.07) is 15.4. The summed E-state index contributed by atoms with van der Waals surface area (Å²) in [6.07, 6.45) is 0.864. The maximum Gasteiger partial charge on any atom is 0.271 e. The molecule has 5 rings (SSSR count). The minimum atomic E-state index is -0.0325. The molecule has 0 spiro atoms. The number of aromatic amines is 1. The molecule has 1 N–H and O–H groups in total. The van der Waals surface area contributed by atoms with Crippen LogP contribution in [-0.2, 0) is 0 Å². The summed E-state index contributed by atoms with van der Waals surface area (Å²) >= 11 is 8.23. The molecule has 3 aromatic rings. The summed E-state index contributed by atoms with van der Waals surface area (Å²) in [7, 11) is 0. The van der Waals surface area contributed by atoms with Crippen LogP contribution in [0, 0.1) is 0 Å². The van der Waals surface area contributed by atoms with Crippen LogP contribution in [0.1, 0.15) is 27.7 Å². The van der Waals surface area contributed by atoms with Gasteiger partial charge in [-0.3, -0.25) is 9.89 Å². The fourth-order valence-corrected chi connectivity index (χ4v) is 5.36. The Kier molecular flexibility index (Phi) is 5.31. The molecule has 1 atom stereocenters. The van der Waals surface area contributed by atoms with Crippen molar-refractivity contribution >= 4 is 29.3 Å². The summed E-state index contributed by atoms with van der Waals surface area (Å²) < 4.78 is 10.8. The van der Waals surface area contributed by atoms with Gasteiger partial charge < -0.3 is 14.4 Å². The van der Waals surface area contributed by atoms with E-state index in [1.165, 1.54) is 0 Å². The SMILES string of the molecule is O=C(c1cc(-c2ccc3c(c2)OCO3)n[nH]1)N1CCS[C@@H](c2ccccc2Cl)CC1. The van der Waals surface area contributed by atoms with Crippen molar-refractivity contribution in [2.75, 3.05) is 25.6 Å². The minimum Gasteiger partial charge on any atom is -0.454 e. The van der Waals surface area contributed by atoms with Gasteiger partial charge >= 0.3 is 0 Å². The number of H-pyrrole nitrogens is 1. The molecule has 2 aromatic carbocycles. The number of benzene rings is 2. The van der Waals surface area contributed by atoms with Gasteiger partial charge in [-0.1, -0.05) is 29.8 Å². The number of aromatic nitrogens is 2. The minimum absolute atomic E-state index is 0.0325. The van der Waals surface area contributed by atoms with Crippen LogP contribution in [0.15, 0.2) is 48.5 Å². The molecule has 1 amide bonds. The maximum absolute atomic E-state index is 13.1. The van der Waals surface area contributed by atoms with Crippen molar-refractivity contribution in [2.45, 2.75) is 11.7 Å². The number of hydrogen-bond donors (Lipinski definition) is 1. The van der Waals surface area contributed by atoms with Crippen molar-refractivity contribution in [3.05, 3.63) is 64.8 Å². The molecule has 0 aliphatic carbocycles. The zero-order valence-corrected chi connectivity index (χ0v) is 17.7. The second kappa shape index (κ2) is 8.24. The molecule has 2 aliphatic heterocycles. The average Bonchev–Trinajstić information content (AvgIpc) is 3.38. The highest BCUT2D eigenvalue weighted by Gasteiger charge is 2.25. The highest BCUT2D eigenvalue weighted by atomic mass is 35.5. The van der Waals surface area contributed by atoms with Crippen molar-refractivity contribution in [3.63, 3.8) is 0 Å². The van der Waals surface area contributed by atoms with Crippen molar-refractivity contribution < 1.29 is 14.3 Å². The third-order valence-corrected chi connectivity index (χ3v) is 7.01. The van der Waals surface area contributed by atoms with Crippen molar-refractivity contribution in [3.8, 4) is 22.8 Å². The molecule has 2 aliphatic rings. The monoisotopic (exact) mass is 441 g/mol. The third kappa shape index (κ3) is 3.75. The standard InChI is InChI=1S/C22H20ClN3O3S/c23-16-4-2-1-3-15(16)21-7-8-26(9-10-30-21)22(27)18-12-17(24-25-18)14-5-6-19-20(11-14)29-13-28-19/h1-6,11-12,21H,7-10,13H2,(H,24,25)/t21-/m1/s1. The van der Waals surface area contributed by atoms with Gasteiger partial charge in [0.15, 0.2) is 11.5 Å². The number of hydrogen-bond acceptors (Lipinski definition) is 5. The van der Waals surface area contributed by atoms with E-state index < -0.39 is 0 Å². The smallest absolute Gasteiger partial charge is 0.271 e. The van der Waals surface area contributed by atoms with Gasteiger partial charge in [0, 0.05) is 34.7 Å². The molecule has 0 unspecified atom stereocenters. The van der Waals surface area contributed by atoms with Crippen molar-refractivity contribution in [2.24, 2.45) is 0 Å². The van der Waals surface area contributed by atoms with Crippen LogP contribution in [0.2, 0.25) is 5.02 Å². The molecule has 1 fully saturated rings. The van der Waals surface area contributed by atoms with E-state index in [9.17, 15) is 4.79 Å². The number of rotatable bonds is 3. The number of carbonyl (C=O) groups excluding carboxylic acids is 1. The normalized spacial score (nSPS) is 18.3. The van der Waals surface area contributed by atoms with E-state index in [1.54, 1.807) is 6.07 Å². The summed E-state index contributed by atoms with van der Waals surface area (Å²) in [4.78, 5) is 15.0. The lowest BCUT2D eigenvalue weighted by atomic mass is 10.1. The van der Waals surface area contributed by atoms with Crippen molar-refractivity contribution in [1.29, 1.82) is 0 Å². The van der Waals surface area contributed by atoms with Gasteiger partial charge in [-0.05, 0) is 42.3 Å². The number of fused-ring (bicyclic) bond motifs is 1. The number of nitrogens with zero attached hydrogens (tertiary/aromatic N) is 2. The maximum atomic E-state index is 13.1. The molecule has 0 bridgehead atoms. The number of amides is 1. The first-order valence-electron chi connectivity index (χ1n) is 9.80. The Labute approximate surface area is 183 Å². The largest absolute Gasteiger partial charge is 0.454 e. The summed E-state index contributed by atoms with van der Waals surface area (Å²) in [5, 5.41) is 8.32.